The Balaban J connectivity index is 0.000000205. The average molecular weight is 762 g/mol. The molecule has 0 aliphatic heterocycles. The van der Waals surface area contributed by atoms with Crippen molar-refractivity contribution in [3.05, 3.63) is 13.2 Å². The van der Waals surface area contributed by atoms with Gasteiger partial charge in [-0.2, -0.15) is 0 Å². The molecule has 6 aliphatic rings. The Morgan fingerprint density at radius 1 is 0.326 bits per heavy atom. The Morgan fingerprint density at radius 3 is 0.558 bits per heavy atom. The van der Waals surface area contributed by atoms with Gasteiger partial charge in [-0.05, 0) is 154 Å². The number of rotatable bonds is 6. The van der Waals surface area contributed by atoms with Crippen molar-refractivity contribution in [3.63, 3.8) is 0 Å². The second kappa shape index (κ2) is 24.9. The Kier molecular flexibility index (Phi) is 22.7. The molecule has 0 bridgehead atoms. The summed E-state index contributed by atoms with van der Waals surface area (Å²) in [7, 11) is 9.61. The van der Waals surface area contributed by atoms with E-state index in [1.54, 1.807) is 193 Å². The third-order valence-electron chi connectivity index (χ3n) is 12.5. The molecule has 0 radical (unpaired) electrons. The molecule has 0 atom stereocenters. The third-order valence-corrected chi connectivity index (χ3v) is 21.6. The van der Waals surface area contributed by atoms with Crippen LogP contribution in [0.25, 0.3) is 0 Å². The van der Waals surface area contributed by atoms with Gasteiger partial charge >= 0.3 is 34.5 Å². The number of hydrogen-bond donors (Lipinski definition) is 0. The topological polar surface area (TPSA) is 0 Å². The van der Waals surface area contributed by atoms with Crippen molar-refractivity contribution in [3.8, 4) is 0 Å². The fraction of sp³-hybridized carbons (Fsp3) is 0.947. The first-order valence-corrected chi connectivity index (χ1v) is 27.2. The van der Waals surface area contributed by atoms with E-state index in [-0.39, 0.29) is 31.0 Å². The summed E-state index contributed by atoms with van der Waals surface area (Å²) in [5.74, 6) is 0. The van der Waals surface area contributed by atoms with Crippen LogP contribution >= 0.6 is 35.2 Å². The van der Waals surface area contributed by atoms with Gasteiger partial charge < -0.3 is 6.58 Å². The van der Waals surface area contributed by atoms with Crippen molar-refractivity contribution >= 4 is 35.2 Å². The summed E-state index contributed by atoms with van der Waals surface area (Å²) in [6.45, 7) is 7.00. The van der Waals surface area contributed by atoms with Gasteiger partial charge in [0, 0.05) is 15.8 Å². The molecule has 0 heterocycles. The maximum absolute atomic E-state index is 4.85. The monoisotopic (exact) mass is 761 g/mol. The Morgan fingerprint density at radius 2 is 0.442 bits per heavy atom. The molecular formula is C38H71Cl2P2Ru+. The van der Waals surface area contributed by atoms with Crippen LogP contribution < -0.4 is 0 Å². The van der Waals surface area contributed by atoms with Crippen LogP contribution in [-0.2, 0) is 15.1 Å². The Labute approximate surface area is 288 Å². The molecule has 0 aromatic heterocycles. The number of hydrogen-bond acceptors (Lipinski definition) is 0. The van der Waals surface area contributed by atoms with Crippen molar-refractivity contribution in [1.29, 1.82) is 0 Å². The van der Waals surface area contributed by atoms with Crippen molar-refractivity contribution in [2.24, 2.45) is 0 Å². The van der Waals surface area contributed by atoms with Gasteiger partial charge in [0.15, 0.2) is 0 Å². The minimum absolute atomic E-state index is 0.0465. The quantitative estimate of drug-likeness (QED) is 0.144. The predicted molar refractivity (Wildman–Crippen MR) is 200 cm³/mol. The molecule has 0 nitrogen and oxygen atoms in total. The molecule has 0 amide bonds. The van der Waals surface area contributed by atoms with Gasteiger partial charge in [0.25, 0.3) is 0 Å². The van der Waals surface area contributed by atoms with Gasteiger partial charge in [0.2, 0.25) is 0 Å². The van der Waals surface area contributed by atoms with Crippen LogP contribution in [0.1, 0.15) is 193 Å². The molecule has 0 N–H and O–H groups in total. The molecule has 6 aliphatic carbocycles. The van der Waals surface area contributed by atoms with E-state index >= 15 is 0 Å². The van der Waals surface area contributed by atoms with E-state index in [0.29, 0.717) is 0 Å². The molecule has 5 heteroatoms. The van der Waals surface area contributed by atoms with Crippen molar-refractivity contribution in [1.82, 2.24) is 0 Å². The zero-order valence-electron chi connectivity index (χ0n) is 28.1. The molecule has 0 aromatic rings. The molecule has 0 unspecified atom stereocenters. The summed E-state index contributed by atoms with van der Waals surface area (Å²) in [5.41, 5.74) is 7.36. The first kappa shape index (κ1) is 39.2. The van der Waals surface area contributed by atoms with Crippen molar-refractivity contribution in [2.75, 3.05) is 0 Å². The van der Waals surface area contributed by atoms with Crippen LogP contribution in [0.3, 0.4) is 0 Å². The van der Waals surface area contributed by atoms with E-state index in [2.05, 4.69) is 13.2 Å². The molecule has 6 fully saturated rings. The summed E-state index contributed by atoms with van der Waals surface area (Å²) < 4.78 is 0. The summed E-state index contributed by atoms with van der Waals surface area (Å²) in [6.07, 6.45) is 47.6. The predicted octanol–water partition coefficient (Wildman–Crippen LogP) is 14.4. The summed E-state index contributed by atoms with van der Waals surface area (Å²) in [5, 5.41) is 0. The van der Waals surface area contributed by atoms with E-state index in [1.165, 1.54) is 34.0 Å². The first-order chi connectivity index (χ1) is 21.3. The molecule has 254 valence electrons. The molecule has 0 spiro atoms. The van der Waals surface area contributed by atoms with E-state index in [0.717, 1.165) is 0 Å². The average Bonchev–Trinajstić information content (AvgIpc) is 3.10. The van der Waals surface area contributed by atoms with E-state index < -0.39 is 0 Å². The fourth-order valence-electron chi connectivity index (χ4n) is 10.6. The molecule has 6 saturated carbocycles. The van der Waals surface area contributed by atoms with Crippen LogP contribution in [0.4, 0.5) is 0 Å². The maximum atomic E-state index is 4.85. The van der Waals surface area contributed by atoms with Crippen LogP contribution in [0, 0.1) is 6.58 Å². The van der Waals surface area contributed by atoms with E-state index in [4.69, 9.17) is 19.4 Å². The molecule has 0 aromatic carbocycles. The standard InChI is InChI=1S/2C18H33P.C2H3.2ClH.Ru/c2*1-4-10-16(11-5-1)19(17-12-6-2-7-13-17)18-14-8-3-9-15-18;1-2;;;/h2*16-18H,1-15H2;1H,2H2;2*1H;/q;;-1;;;+2. The van der Waals surface area contributed by atoms with Crippen LogP contribution in [0.15, 0.2) is 6.58 Å². The molecular weight excluding hydrogens is 690 g/mol. The van der Waals surface area contributed by atoms with Gasteiger partial charge in [-0.15, -0.1) is 0 Å². The zero-order chi connectivity index (χ0) is 30.5. The van der Waals surface area contributed by atoms with Gasteiger partial charge in [0.05, 0.1) is 34.0 Å². The second-order valence-corrected chi connectivity index (χ2v) is 24.6. The summed E-state index contributed by atoms with van der Waals surface area (Å²) >= 11 is -0.346. The normalized spacial score (nSPS) is 26.1. The van der Waals surface area contributed by atoms with E-state index in [1.807, 2.05) is 0 Å². The number of halogens is 2. The zero-order valence-corrected chi connectivity index (χ0v) is 33.3. The van der Waals surface area contributed by atoms with Crippen LogP contribution in [0.5, 0.6) is 0 Å². The Bertz CT molecular complexity index is 505. The van der Waals surface area contributed by atoms with Gasteiger partial charge in [-0.3, -0.25) is 6.58 Å². The van der Waals surface area contributed by atoms with Crippen molar-refractivity contribution < 1.29 is 15.1 Å². The van der Waals surface area contributed by atoms with Gasteiger partial charge in [-0.25, -0.2) is 0 Å². The first-order valence-electron chi connectivity index (χ1n) is 19.3. The second-order valence-electron chi connectivity index (χ2n) is 15.1. The van der Waals surface area contributed by atoms with Gasteiger partial charge in [0.1, 0.15) is 0 Å². The van der Waals surface area contributed by atoms with Crippen LogP contribution in [0.2, 0.25) is 0 Å². The fourth-order valence-corrected chi connectivity index (χ4v) is 21.1. The third kappa shape index (κ3) is 14.1. The SMILES string of the molecule is C1CCC([PH+](C2CCCCC2)C2CCCCC2)CC1.C1CCC([PH+](C2CCCCC2)C2CCCCC2)CC1.[CH-]=C.[Cl][Ru][Cl]. The van der Waals surface area contributed by atoms with Gasteiger partial charge in [-0.1, -0.05) is 38.5 Å². The molecule has 43 heavy (non-hydrogen) atoms. The van der Waals surface area contributed by atoms with E-state index in [9.17, 15) is 0 Å². The minimum atomic E-state index is -0.346. The Hall–Kier alpha value is 1.80. The van der Waals surface area contributed by atoms with Crippen molar-refractivity contribution in [2.45, 2.75) is 227 Å². The molecule has 6 rings (SSSR count). The summed E-state index contributed by atoms with van der Waals surface area (Å²) in [6, 6.07) is 0. The van der Waals surface area contributed by atoms with Crippen LogP contribution in [-0.4, -0.2) is 34.0 Å². The summed E-state index contributed by atoms with van der Waals surface area (Å²) in [4.78, 5) is 0. The molecule has 0 saturated heterocycles.